The highest BCUT2D eigenvalue weighted by Crippen LogP contribution is 2.28. The van der Waals surface area contributed by atoms with Gasteiger partial charge in [0.1, 0.15) is 24.1 Å². The lowest BCUT2D eigenvalue weighted by Crippen LogP contribution is -2.52. The summed E-state index contributed by atoms with van der Waals surface area (Å²) in [5.41, 5.74) is 0.983. The summed E-state index contributed by atoms with van der Waals surface area (Å²) < 4.78 is 39.3. The lowest BCUT2D eigenvalue weighted by Gasteiger charge is -2.32. The Labute approximate surface area is 252 Å². The standard InChI is InChI=1S/C31H36ClN3O6S/c1-22(31(37)33-25-8-4-5-9-25)34(20-23-11-13-27(40-2)14-12-23)30(36)21-35(26-10-6-7-24(32)19-26)42(38,39)29-17-15-28(41-3)16-18-29/h6-7,10-19,22,25H,4-5,8-9,20-21H2,1-3H3,(H,33,37)/t22-/m0/s1. The van der Waals surface area contributed by atoms with Crippen LogP contribution in [0.1, 0.15) is 38.2 Å². The molecule has 1 aliphatic rings. The van der Waals surface area contributed by atoms with Gasteiger partial charge in [0.25, 0.3) is 10.0 Å². The Balaban J connectivity index is 1.68. The van der Waals surface area contributed by atoms with Crippen molar-refractivity contribution in [3.8, 4) is 11.5 Å². The fraction of sp³-hybridized carbons (Fsp3) is 0.355. The summed E-state index contributed by atoms with van der Waals surface area (Å²) >= 11 is 6.23. The number of sulfonamides is 1. The van der Waals surface area contributed by atoms with Gasteiger partial charge in [-0.15, -0.1) is 0 Å². The van der Waals surface area contributed by atoms with Crippen LogP contribution < -0.4 is 19.1 Å². The number of halogens is 1. The van der Waals surface area contributed by atoms with Crippen LogP contribution in [0.25, 0.3) is 0 Å². The second-order valence-corrected chi connectivity index (χ2v) is 12.5. The Morgan fingerprint density at radius 1 is 0.952 bits per heavy atom. The molecule has 1 saturated carbocycles. The van der Waals surface area contributed by atoms with E-state index in [1.807, 2.05) is 12.1 Å². The number of rotatable bonds is 12. The van der Waals surface area contributed by atoms with Crippen molar-refractivity contribution >= 4 is 39.1 Å². The highest BCUT2D eigenvalue weighted by molar-refractivity contribution is 7.92. The Kier molecular flexibility index (Phi) is 10.3. The number of hydrogen-bond acceptors (Lipinski definition) is 6. The predicted molar refractivity (Wildman–Crippen MR) is 162 cm³/mol. The summed E-state index contributed by atoms with van der Waals surface area (Å²) in [5.74, 6) is 0.321. The van der Waals surface area contributed by atoms with Gasteiger partial charge in [-0.1, -0.05) is 42.6 Å². The number of anilines is 1. The van der Waals surface area contributed by atoms with Crippen molar-refractivity contribution in [2.24, 2.45) is 0 Å². The zero-order chi connectivity index (χ0) is 30.3. The highest BCUT2D eigenvalue weighted by atomic mass is 35.5. The second kappa shape index (κ2) is 13.9. The molecule has 0 unspecified atom stereocenters. The number of amides is 2. The smallest absolute Gasteiger partial charge is 0.264 e. The van der Waals surface area contributed by atoms with E-state index in [4.69, 9.17) is 21.1 Å². The lowest BCUT2D eigenvalue weighted by molar-refractivity contribution is -0.139. The van der Waals surface area contributed by atoms with E-state index in [1.54, 1.807) is 44.4 Å². The van der Waals surface area contributed by atoms with Gasteiger partial charge in [0, 0.05) is 17.6 Å². The molecule has 2 amide bonds. The van der Waals surface area contributed by atoms with Crippen LogP contribution in [0.5, 0.6) is 11.5 Å². The van der Waals surface area contributed by atoms with Crippen molar-refractivity contribution in [1.29, 1.82) is 0 Å². The first-order chi connectivity index (χ1) is 20.1. The largest absolute Gasteiger partial charge is 0.497 e. The molecule has 224 valence electrons. The van der Waals surface area contributed by atoms with Gasteiger partial charge in [0.15, 0.2) is 0 Å². The van der Waals surface area contributed by atoms with Crippen molar-refractivity contribution in [1.82, 2.24) is 10.2 Å². The third kappa shape index (κ3) is 7.54. The molecule has 0 radical (unpaired) electrons. The van der Waals surface area contributed by atoms with Gasteiger partial charge in [0.2, 0.25) is 11.8 Å². The van der Waals surface area contributed by atoms with Crippen LogP contribution in [0.2, 0.25) is 5.02 Å². The van der Waals surface area contributed by atoms with Crippen LogP contribution in [0, 0.1) is 0 Å². The number of nitrogens with one attached hydrogen (secondary N) is 1. The van der Waals surface area contributed by atoms with Crippen molar-refractivity contribution < 1.29 is 27.5 Å². The number of carbonyl (C=O) groups is 2. The van der Waals surface area contributed by atoms with E-state index in [2.05, 4.69) is 5.32 Å². The van der Waals surface area contributed by atoms with Crippen LogP contribution in [-0.4, -0.2) is 58.0 Å². The van der Waals surface area contributed by atoms with Gasteiger partial charge in [-0.05, 0) is 79.9 Å². The summed E-state index contributed by atoms with van der Waals surface area (Å²) in [6.45, 7) is 1.20. The first kappa shape index (κ1) is 31.2. The summed E-state index contributed by atoms with van der Waals surface area (Å²) in [6.07, 6.45) is 3.89. The monoisotopic (exact) mass is 613 g/mol. The average molecular weight is 614 g/mol. The topological polar surface area (TPSA) is 105 Å². The molecule has 9 nitrogen and oxygen atoms in total. The predicted octanol–water partition coefficient (Wildman–Crippen LogP) is 5.03. The number of nitrogens with zero attached hydrogens (tertiary/aromatic N) is 2. The van der Waals surface area contributed by atoms with Crippen molar-refractivity contribution in [2.75, 3.05) is 25.1 Å². The van der Waals surface area contributed by atoms with Gasteiger partial charge in [0.05, 0.1) is 24.8 Å². The normalized spacial score (nSPS) is 14.2. The fourth-order valence-corrected chi connectivity index (χ4v) is 6.53. The Morgan fingerprint density at radius 2 is 1.55 bits per heavy atom. The van der Waals surface area contributed by atoms with Crippen molar-refractivity contribution in [3.63, 3.8) is 0 Å². The minimum atomic E-state index is -4.22. The van der Waals surface area contributed by atoms with Crippen LogP contribution in [0.3, 0.4) is 0 Å². The van der Waals surface area contributed by atoms with Crippen LogP contribution in [0.15, 0.2) is 77.7 Å². The molecule has 1 atom stereocenters. The molecule has 0 spiro atoms. The van der Waals surface area contributed by atoms with Gasteiger partial charge in [-0.2, -0.15) is 0 Å². The number of carbonyl (C=O) groups excluding carboxylic acids is 2. The quantitative estimate of drug-likeness (QED) is 0.307. The van der Waals surface area contributed by atoms with E-state index in [0.29, 0.717) is 16.5 Å². The number of methoxy groups -OCH3 is 2. The van der Waals surface area contributed by atoms with Gasteiger partial charge in [-0.3, -0.25) is 13.9 Å². The molecule has 0 heterocycles. The molecule has 42 heavy (non-hydrogen) atoms. The molecule has 0 saturated heterocycles. The first-order valence-corrected chi connectivity index (χ1v) is 15.6. The molecule has 0 bridgehead atoms. The first-order valence-electron chi connectivity index (χ1n) is 13.8. The van der Waals surface area contributed by atoms with Crippen LogP contribution in [0.4, 0.5) is 5.69 Å². The SMILES string of the molecule is COc1ccc(CN(C(=O)CN(c2cccc(Cl)c2)S(=O)(=O)c2ccc(OC)cc2)[C@@H](C)C(=O)NC2CCCC2)cc1. The van der Waals surface area contributed by atoms with Gasteiger partial charge >= 0.3 is 0 Å². The molecular weight excluding hydrogens is 578 g/mol. The number of ether oxygens (including phenoxy) is 2. The molecule has 11 heteroatoms. The van der Waals surface area contributed by atoms with E-state index in [1.165, 1.54) is 42.3 Å². The van der Waals surface area contributed by atoms with E-state index < -0.39 is 28.5 Å². The molecule has 1 N–H and O–H groups in total. The van der Waals surface area contributed by atoms with E-state index in [0.717, 1.165) is 35.6 Å². The zero-order valence-electron chi connectivity index (χ0n) is 24.0. The van der Waals surface area contributed by atoms with E-state index >= 15 is 0 Å². The van der Waals surface area contributed by atoms with Gasteiger partial charge < -0.3 is 19.7 Å². The minimum Gasteiger partial charge on any atom is -0.497 e. The Morgan fingerprint density at radius 3 is 2.12 bits per heavy atom. The molecule has 1 aliphatic carbocycles. The Bertz CT molecular complexity index is 1480. The van der Waals surface area contributed by atoms with Crippen LogP contribution >= 0.6 is 11.6 Å². The molecule has 4 rings (SSSR count). The van der Waals surface area contributed by atoms with Crippen molar-refractivity contribution in [3.05, 3.63) is 83.4 Å². The molecule has 0 aliphatic heterocycles. The third-order valence-corrected chi connectivity index (χ3v) is 9.43. The maximum absolute atomic E-state index is 14.1. The summed E-state index contributed by atoms with van der Waals surface area (Å²) in [4.78, 5) is 28.8. The lowest BCUT2D eigenvalue weighted by atomic mass is 10.1. The number of benzene rings is 3. The number of hydrogen-bond donors (Lipinski definition) is 1. The summed E-state index contributed by atoms with van der Waals surface area (Å²) in [5, 5.41) is 3.38. The average Bonchev–Trinajstić information content (AvgIpc) is 3.51. The molecule has 3 aromatic rings. The zero-order valence-corrected chi connectivity index (χ0v) is 25.5. The van der Waals surface area contributed by atoms with E-state index in [-0.39, 0.29) is 29.1 Å². The molecule has 3 aromatic carbocycles. The summed E-state index contributed by atoms with van der Waals surface area (Å²) in [7, 11) is -1.16. The molecular formula is C31H36ClN3O6S. The van der Waals surface area contributed by atoms with Crippen molar-refractivity contribution in [2.45, 2.75) is 56.1 Å². The van der Waals surface area contributed by atoms with Gasteiger partial charge in [-0.25, -0.2) is 8.42 Å². The minimum absolute atomic E-state index is 0.0233. The Hall–Kier alpha value is -3.76. The third-order valence-electron chi connectivity index (χ3n) is 7.40. The maximum atomic E-state index is 14.1. The van der Waals surface area contributed by atoms with E-state index in [9.17, 15) is 18.0 Å². The second-order valence-electron chi connectivity index (χ2n) is 10.2. The maximum Gasteiger partial charge on any atom is 0.264 e. The fourth-order valence-electron chi connectivity index (χ4n) is 4.94. The highest BCUT2D eigenvalue weighted by Gasteiger charge is 2.33. The molecule has 0 aromatic heterocycles. The van der Waals surface area contributed by atoms with Crippen LogP contribution in [-0.2, 0) is 26.2 Å². The molecule has 1 fully saturated rings. The summed E-state index contributed by atoms with van der Waals surface area (Å²) in [6, 6.07) is 18.6.